The van der Waals surface area contributed by atoms with E-state index in [1.165, 1.54) is 58.4 Å². The van der Waals surface area contributed by atoms with Crippen LogP contribution in [0.3, 0.4) is 0 Å². The van der Waals surface area contributed by atoms with Crippen molar-refractivity contribution in [3.05, 3.63) is 107 Å². The average Bonchev–Trinajstić information content (AvgIpc) is 2.85. The lowest BCUT2D eigenvalue weighted by molar-refractivity contribution is 0.520. The van der Waals surface area contributed by atoms with Gasteiger partial charge in [0.05, 0.1) is 0 Å². The Morgan fingerprint density at radius 1 is 1.00 bits per heavy atom. The maximum atomic E-state index is 3.76. The Kier molecular flexibility index (Phi) is 7.47. The highest BCUT2D eigenvalue weighted by Crippen LogP contribution is 2.34. The molecule has 1 N–H and O–H groups in total. The summed E-state index contributed by atoms with van der Waals surface area (Å²) < 4.78 is 0. The molecule has 2 atom stereocenters. The molecule has 0 fully saturated rings. The lowest BCUT2D eigenvalue weighted by Gasteiger charge is -2.23. The molecule has 2 unspecified atom stereocenters. The van der Waals surface area contributed by atoms with Crippen LogP contribution in [0.4, 0.5) is 5.69 Å². The van der Waals surface area contributed by atoms with Crippen LogP contribution in [-0.4, -0.2) is 6.04 Å². The van der Waals surface area contributed by atoms with Gasteiger partial charge >= 0.3 is 0 Å². The summed E-state index contributed by atoms with van der Waals surface area (Å²) in [5.41, 5.74) is 9.65. The summed E-state index contributed by atoms with van der Waals surface area (Å²) in [6, 6.07) is 18.1. The Balaban J connectivity index is 1.51. The summed E-state index contributed by atoms with van der Waals surface area (Å²) in [5, 5.41) is 3.76. The van der Waals surface area contributed by atoms with Crippen LogP contribution in [0, 0.1) is 5.92 Å². The lowest BCUT2D eigenvalue weighted by atomic mass is 9.84. The van der Waals surface area contributed by atoms with E-state index in [9.17, 15) is 0 Å². The Morgan fingerprint density at radius 2 is 1.84 bits per heavy atom. The molecule has 166 valence electrons. The number of aryl methyl sites for hydroxylation is 2. The van der Waals surface area contributed by atoms with Gasteiger partial charge in [-0.05, 0) is 90.0 Å². The van der Waals surface area contributed by atoms with E-state index in [1.54, 1.807) is 0 Å². The highest BCUT2D eigenvalue weighted by Gasteiger charge is 2.16. The van der Waals surface area contributed by atoms with Crippen LogP contribution in [0.2, 0.25) is 0 Å². The standard InChI is InChI=1S/C31H37N/c1-4-24-15-20-31(26(5-2)21-24)32-29-18-13-25(14-19-29)22-30(27-9-7-6-8-10-27)28-16-11-23(3)12-17-28/h6-10,13-16,18,20-23,29,32H,4-5,11-12,17,19H2,1-3H3. The van der Waals surface area contributed by atoms with Gasteiger partial charge in [-0.25, -0.2) is 0 Å². The fraction of sp³-hybridized carbons (Fsp3) is 0.355. The monoisotopic (exact) mass is 423 g/mol. The highest BCUT2D eigenvalue weighted by atomic mass is 14.9. The molecule has 0 amide bonds. The van der Waals surface area contributed by atoms with Crippen molar-refractivity contribution < 1.29 is 0 Å². The number of hydrogen-bond donors (Lipinski definition) is 1. The smallest absolute Gasteiger partial charge is 0.0482 e. The Labute approximate surface area is 194 Å². The molecule has 0 saturated carbocycles. The summed E-state index contributed by atoms with van der Waals surface area (Å²) in [5.74, 6) is 0.802. The first-order valence-electron chi connectivity index (χ1n) is 12.4. The van der Waals surface area contributed by atoms with Crippen molar-refractivity contribution in [3.8, 4) is 0 Å². The van der Waals surface area contributed by atoms with E-state index >= 15 is 0 Å². The summed E-state index contributed by atoms with van der Waals surface area (Å²) >= 11 is 0. The normalized spacial score (nSPS) is 21.2. The number of rotatable bonds is 7. The Hall–Kier alpha value is -2.80. The van der Waals surface area contributed by atoms with Gasteiger partial charge < -0.3 is 5.32 Å². The van der Waals surface area contributed by atoms with E-state index in [2.05, 4.69) is 105 Å². The van der Waals surface area contributed by atoms with Gasteiger partial charge in [-0.1, -0.05) is 87.5 Å². The molecule has 2 aromatic carbocycles. The van der Waals surface area contributed by atoms with E-state index in [0.29, 0.717) is 6.04 Å². The second-order valence-electron chi connectivity index (χ2n) is 9.28. The molecule has 0 bridgehead atoms. The van der Waals surface area contributed by atoms with E-state index in [0.717, 1.165) is 25.2 Å². The zero-order chi connectivity index (χ0) is 22.3. The van der Waals surface area contributed by atoms with Crippen molar-refractivity contribution in [1.29, 1.82) is 0 Å². The number of hydrogen-bond acceptors (Lipinski definition) is 1. The maximum absolute atomic E-state index is 3.76. The number of anilines is 1. The van der Waals surface area contributed by atoms with Gasteiger partial charge in [0.15, 0.2) is 0 Å². The van der Waals surface area contributed by atoms with Crippen LogP contribution in [0.5, 0.6) is 0 Å². The van der Waals surface area contributed by atoms with Gasteiger partial charge in [0.2, 0.25) is 0 Å². The second kappa shape index (κ2) is 10.7. The molecule has 4 rings (SSSR count). The van der Waals surface area contributed by atoms with E-state index < -0.39 is 0 Å². The number of allylic oxidation sites excluding steroid dienone is 6. The van der Waals surface area contributed by atoms with Gasteiger partial charge in [0, 0.05) is 11.7 Å². The highest BCUT2D eigenvalue weighted by molar-refractivity contribution is 5.81. The van der Waals surface area contributed by atoms with Crippen LogP contribution >= 0.6 is 0 Å². The maximum Gasteiger partial charge on any atom is 0.0482 e. The van der Waals surface area contributed by atoms with Crippen molar-refractivity contribution >= 4 is 11.3 Å². The minimum absolute atomic E-state index is 0.347. The van der Waals surface area contributed by atoms with Crippen molar-refractivity contribution in [2.45, 2.75) is 65.3 Å². The third kappa shape index (κ3) is 5.51. The van der Waals surface area contributed by atoms with Gasteiger partial charge in [0.25, 0.3) is 0 Å². The summed E-state index contributed by atoms with van der Waals surface area (Å²) in [7, 11) is 0. The fourth-order valence-electron chi connectivity index (χ4n) is 4.71. The third-order valence-corrected chi connectivity index (χ3v) is 6.84. The molecule has 0 heterocycles. The van der Waals surface area contributed by atoms with Crippen molar-refractivity contribution in [3.63, 3.8) is 0 Å². The van der Waals surface area contributed by atoms with Gasteiger partial charge in [-0.15, -0.1) is 0 Å². The summed E-state index contributed by atoms with van der Waals surface area (Å²) in [4.78, 5) is 0. The zero-order valence-corrected chi connectivity index (χ0v) is 19.9. The second-order valence-corrected chi connectivity index (χ2v) is 9.28. The van der Waals surface area contributed by atoms with Crippen LogP contribution in [0.15, 0.2) is 90.1 Å². The quantitative estimate of drug-likeness (QED) is 0.472. The molecule has 0 radical (unpaired) electrons. The predicted molar refractivity (Wildman–Crippen MR) is 140 cm³/mol. The average molecular weight is 424 g/mol. The number of nitrogens with one attached hydrogen (secondary N) is 1. The Bertz CT molecular complexity index is 1040. The van der Waals surface area contributed by atoms with Crippen molar-refractivity contribution in [2.24, 2.45) is 5.92 Å². The SMILES string of the molecule is CCc1ccc(NC2C=CC(C=C(C3=CCC(C)CC3)c3ccccc3)=CC2)c(CC)c1. The van der Waals surface area contributed by atoms with E-state index in [1.807, 2.05) is 0 Å². The fourth-order valence-corrected chi connectivity index (χ4v) is 4.71. The molecule has 2 aliphatic carbocycles. The van der Waals surface area contributed by atoms with Gasteiger partial charge in [-0.3, -0.25) is 0 Å². The first kappa shape index (κ1) is 22.4. The van der Waals surface area contributed by atoms with Gasteiger partial charge in [-0.2, -0.15) is 0 Å². The molecule has 2 aliphatic rings. The van der Waals surface area contributed by atoms with Crippen molar-refractivity contribution in [2.75, 3.05) is 5.32 Å². The molecule has 0 saturated heterocycles. The largest absolute Gasteiger partial charge is 0.378 e. The summed E-state index contributed by atoms with van der Waals surface area (Å²) in [6.07, 6.45) is 18.7. The van der Waals surface area contributed by atoms with Crippen LogP contribution in [0.25, 0.3) is 5.57 Å². The van der Waals surface area contributed by atoms with Gasteiger partial charge in [0.1, 0.15) is 0 Å². The summed E-state index contributed by atoms with van der Waals surface area (Å²) in [6.45, 7) is 6.82. The number of benzene rings is 2. The molecule has 0 spiro atoms. The van der Waals surface area contributed by atoms with Crippen molar-refractivity contribution in [1.82, 2.24) is 0 Å². The Morgan fingerprint density at radius 3 is 2.50 bits per heavy atom. The lowest BCUT2D eigenvalue weighted by Crippen LogP contribution is -2.18. The molecular formula is C31H37N. The first-order chi connectivity index (χ1) is 15.7. The van der Waals surface area contributed by atoms with E-state index in [4.69, 9.17) is 0 Å². The molecule has 1 heteroatoms. The topological polar surface area (TPSA) is 12.0 Å². The van der Waals surface area contributed by atoms with Crippen LogP contribution < -0.4 is 5.32 Å². The van der Waals surface area contributed by atoms with Crippen LogP contribution in [-0.2, 0) is 12.8 Å². The molecule has 0 aliphatic heterocycles. The minimum Gasteiger partial charge on any atom is -0.378 e. The molecule has 0 aromatic heterocycles. The molecule has 2 aromatic rings. The molecular weight excluding hydrogens is 386 g/mol. The minimum atomic E-state index is 0.347. The third-order valence-electron chi connectivity index (χ3n) is 6.84. The molecule has 32 heavy (non-hydrogen) atoms. The molecule has 1 nitrogen and oxygen atoms in total. The predicted octanol–water partition coefficient (Wildman–Crippen LogP) is 8.31. The van der Waals surface area contributed by atoms with E-state index in [-0.39, 0.29) is 0 Å². The zero-order valence-electron chi connectivity index (χ0n) is 19.9. The first-order valence-corrected chi connectivity index (χ1v) is 12.4. The van der Waals surface area contributed by atoms with Crippen LogP contribution in [0.1, 0.15) is 63.1 Å².